The fourth-order valence-corrected chi connectivity index (χ4v) is 2.98. The number of nitrogens with zero attached hydrogens (tertiary/aromatic N) is 3. The molecule has 0 saturated carbocycles. The van der Waals surface area contributed by atoms with Crippen molar-refractivity contribution in [2.45, 2.75) is 6.92 Å². The number of aromatic nitrogens is 3. The number of hydrogen-bond donors (Lipinski definition) is 1. The van der Waals surface area contributed by atoms with Gasteiger partial charge in [-0.25, -0.2) is 19.7 Å². The number of aryl methyl sites for hydroxylation is 1. The Kier molecular flexibility index (Phi) is 4.73. The number of carbonyl (C=O) groups is 1. The molecule has 1 N–H and O–H groups in total. The van der Waals surface area contributed by atoms with E-state index in [0.717, 1.165) is 15.6 Å². The van der Waals surface area contributed by atoms with Gasteiger partial charge < -0.3 is 10.1 Å². The number of carbonyl (C=O) groups excluding carboxylic acids is 1. The first kappa shape index (κ1) is 16.4. The minimum absolute atomic E-state index is 0.276. The summed E-state index contributed by atoms with van der Waals surface area (Å²) < 4.78 is 4.71. The predicted octanol–water partition coefficient (Wildman–Crippen LogP) is 4.09. The zero-order valence-electron chi connectivity index (χ0n) is 12.9. The van der Waals surface area contributed by atoms with Crippen LogP contribution in [0.5, 0.6) is 0 Å². The molecule has 0 radical (unpaired) electrons. The lowest BCUT2D eigenvalue weighted by Gasteiger charge is -2.08. The van der Waals surface area contributed by atoms with E-state index in [2.05, 4.69) is 20.3 Å². The Bertz CT molecular complexity index is 897. The van der Waals surface area contributed by atoms with E-state index >= 15 is 0 Å². The predicted molar refractivity (Wildman–Crippen MR) is 94.0 cm³/mol. The highest BCUT2D eigenvalue weighted by atomic mass is 35.5. The summed E-state index contributed by atoms with van der Waals surface area (Å²) in [5, 5.41) is 4.36. The van der Waals surface area contributed by atoms with Crippen LogP contribution in [-0.4, -0.2) is 28.0 Å². The lowest BCUT2D eigenvalue weighted by Crippen LogP contribution is -2.04. The van der Waals surface area contributed by atoms with Crippen LogP contribution >= 0.6 is 22.9 Å². The van der Waals surface area contributed by atoms with Crippen molar-refractivity contribution in [1.29, 1.82) is 0 Å². The van der Waals surface area contributed by atoms with Gasteiger partial charge in [0.2, 0.25) is 5.95 Å². The number of esters is 1. The van der Waals surface area contributed by atoms with E-state index in [4.69, 9.17) is 16.3 Å². The van der Waals surface area contributed by atoms with Gasteiger partial charge in [0.15, 0.2) is 0 Å². The Hall–Kier alpha value is -2.51. The number of nitrogens with one attached hydrogen (secondary N) is 1. The molecule has 8 heteroatoms. The summed E-state index contributed by atoms with van der Waals surface area (Å²) in [4.78, 5) is 25.6. The molecule has 0 unspecified atom stereocenters. The van der Waals surface area contributed by atoms with Gasteiger partial charge >= 0.3 is 5.97 Å². The van der Waals surface area contributed by atoms with Gasteiger partial charge in [-0.2, -0.15) is 0 Å². The largest absolute Gasteiger partial charge is 0.465 e. The first-order valence-electron chi connectivity index (χ1n) is 6.97. The van der Waals surface area contributed by atoms with Gasteiger partial charge in [0, 0.05) is 18.1 Å². The molecule has 3 rings (SSSR count). The first-order chi connectivity index (χ1) is 11.6. The third-order valence-corrected chi connectivity index (χ3v) is 4.42. The fourth-order valence-electron chi connectivity index (χ4n) is 2.03. The standard InChI is InChI=1S/C16H13ClN4O2S/c1-9-19-8-14(24-9)13-5-6-18-16(21-13)20-10-3-4-12(17)11(7-10)15(22)23-2/h3-8H,1-2H3,(H,18,20,21). The normalized spacial score (nSPS) is 10.5. The third-order valence-electron chi connectivity index (χ3n) is 3.16. The average molecular weight is 361 g/mol. The van der Waals surface area contributed by atoms with Crippen LogP contribution in [-0.2, 0) is 4.74 Å². The molecule has 0 saturated heterocycles. The number of hydrogen-bond acceptors (Lipinski definition) is 7. The summed E-state index contributed by atoms with van der Waals surface area (Å²) in [5.41, 5.74) is 1.69. The minimum atomic E-state index is -0.501. The number of anilines is 2. The zero-order valence-corrected chi connectivity index (χ0v) is 14.5. The Morgan fingerprint density at radius 1 is 1.29 bits per heavy atom. The van der Waals surface area contributed by atoms with Crippen LogP contribution in [0.25, 0.3) is 10.6 Å². The van der Waals surface area contributed by atoms with E-state index in [1.165, 1.54) is 7.11 Å². The molecule has 3 aromatic rings. The maximum atomic E-state index is 11.7. The molecule has 0 amide bonds. The second kappa shape index (κ2) is 6.94. The van der Waals surface area contributed by atoms with Crippen LogP contribution in [0.3, 0.4) is 0 Å². The van der Waals surface area contributed by atoms with Gasteiger partial charge in [0.05, 0.1) is 33.3 Å². The van der Waals surface area contributed by atoms with Gasteiger partial charge in [0.25, 0.3) is 0 Å². The molecule has 0 bridgehead atoms. The van der Waals surface area contributed by atoms with Crippen molar-refractivity contribution in [2.75, 3.05) is 12.4 Å². The second-order valence-corrected chi connectivity index (χ2v) is 6.46. The van der Waals surface area contributed by atoms with Crippen LogP contribution in [0.1, 0.15) is 15.4 Å². The summed E-state index contributed by atoms with van der Waals surface area (Å²) >= 11 is 7.57. The van der Waals surface area contributed by atoms with Crippen molar-refractivity contribution in [1.82, 2.24) is 15.0 Å². The molecule has 24 heavy (non-hydrogen) atoms. The molecule has 0 aliphatic carbocycles. The van der Waals surface area contributed by atoms with E-state index in [-0.39, 0.29) is 5.56 Å². The lowest BCUT2D eigenvalue weighted by atomic mass is 10.2. The lowest BCUT2D eigenvalue weighted by molar-refractivity contribution is 0.0601. The monoisotopic (exact) mass is 360 g/mol. The van der Waals surface area contributed by atoms with E-state index in [1.54, 1.807) is 41.9 Å². The van der Waals surface area contributed by atoms with Crippen LogP contribution in [0.2, 0.25) is 5.02 Å². The Morgan fingerprint density at radius 2 is 2.12 bits per heavy atom. The first-order valence-corrected chi connectivity index (χ1v) is 8.17. The molecule has 0 spiro atoms. The summed E-state index contributed by atoms with van der Waals surface area (Å²) in [6, 6.07) is 6.77. The minimum Gasteiger partial charge on any atom is -0.465 e. The summed E-state index contributed by atoms with van der Waals surface area (Å²) in [6.45, 7) is 1.94. The van der Waals surface area contributed by atoms with E-state index in [0.29, 0.717) is 16.7 Å². The fraction of sp³-hybridized carbons (Fsp3) is 0.125. The smallest absolute Gasteiger partial charge is 0.339 e. The van der Waals surface area contributed by atoms with Crippen molar-refractivity contribution in [3.05, 3.63) is 52.3 Å². The van der Waals surface area contributed by atoms with Gasteiger partial charge in [0.1, 0.15) is 0 Å². The summed E-state index contributed by atoms with van der Waals surface area (Å²) in [5.74, 6) is -0.0878. The third kappa shape index (κ3) is 3.52. The SMILES string of the molecule is COC(=O)c1cc(Nc2nccc(-c3cnc(C)s3)n2)ccc1Cl. The van der Waals surface area contributed by atoms with Crippen LogP contribution in [0.15, 0.2) is 36.7 Å². The van der Waals surface area contributed by atoms with Crippen molar-refractivity contribution < 1.29 is 9.53 Å². The van der Waals surface area contributed by atoms with E-state index in [1.807, 2.05) is 13.0 Å². The molecule has 6 nitrogen and oxygen atoms in total. The highest BCUT2D eigenvalue weighted by Crippen LogP contribution is 2.26. The Morgan fingerprint density at radius 3 is 2.83 bits per heavy atom. The van der Waals surface area contributed by atoms with Crippen LogP contribution in [0, 0.1) is 6.92 Å². The quantitative estimate of drug-likeness (QED) is 0.706. The van der Waals surface area contributed by atoms with Crippen molar-refractivity contribution in [2.24, 2.45) is 0 Å². The van der Waals surface area contributed by atoms with Crippen molar-refractivity contribution in [3.8, 4) is 10.6 Å². The average Bonchev–Trinajstić information content (AvgIpc) is 3.03. The number of halogens is 1. The molecular formula is C16H13ClN4O2S. The van der Waals surface area contributed by atoms with Gasteiger partial charge in [-0.1, -0.05) is 11.6 Å². The molecule has 2 aromatic heterocycles. The van der Waals surface area contributed by atoms with Gasteiger partial charge in [-0.15, -0.1) is 11.3 Å². The van der Waals surface area contributed by atoms with Crippen LogP contribution in [0.4, 0.5) is 11.6 Å². The topological polar surface area (TPSA) is 77.0 Å². The van der Waals surface area contributed by atoms with Crippen molar-refractivity contribution >= 4 is 40.5 Å². The van der Waals surface area contributed by atoms with E-state index in [9.17, 15) is 4.79 Å². The van der Waals surface area contributed by atoms with Gasteiger partial charge in [-0.05, 0) is 31.2 Å². The molecule has 0 aliphatic heterocycles. The van der Waals surface area contributed by atoms with E-state index < -0.39 is 5.97 Å². The molecule has 0 atom stereocenters. The molecule has 122 valence electrons. The molecule has 1 aromatic carbocycles. The molecule has 0 aliphatic rings. The number of benzene rings is 1. The molecular weight excluding hydrogens is 348 g/mol. The highest BCUT2D eigenvalue weighted by molar-refractivity contribution is 7.15. The highest BCUT2D eigenvalue weighted by Gasteiger charge is 2.12. The second-order valence-electron chi connectivity index (χ2n) is 4.82. The number of ether oxygens (including phenoxy) is 1. The Balaban J connectivity index is 1.88. The van der Waals surface area contributed by atoms with Crippen LogP contribution < -0.4 is 5.32 Å². The zero-order chi connectivity index (χ0) is 17.1. The Labute approximate surface area is 147 Å². The maximum Gasteiger partial charge on any atom is 0.339 e. The number of methoxy groups -OCH3 is 1. The maximum absolute atomic E-state index is 11.7. The molecule has 2 heterocycles. The van der Waals surface area contributed by atoms with Crippen molar-refractivity contribution in [3.63, 3.8) is 0 Å². The molecule has 0 fully saturated rings. The number of rotatable bonds is 4. The summed E-state index contributed by atoms with van der Waals surface area (Å²) in [6.07, 6.45) is 3.45. The number of thiazole rings is 1. The van der Waals surface area contributed by atoms with Gasteiger partial charge in [-0.3, -0.25) is 0 Å². The summed E-state index contributed by atoms with van der Waals surface area (Å²) in [7, 11) is 1.31.